The Kier molecular flexibility index (Phi) is 14.9. The number of methoxy groups -OCH3 is 2. The SMILES string of the molecule is COCCCOc1cc(C[C@@H](C[C@H](CC(=O)OC(C)(C)C)[C@@H](O)C[C@H](C(=O)O)C(C)C)C(C)C)ccc1OC. The molecule has 0 radical (unpaired) electrons. The summed E-state index contributed by atoms with van der Waals surface area (Å²) in [5.74, 6) is -0.880. The summed E-state index contributed by atoms with van der Waals surface area (Å²) in [6.45, 7) is 14.5. The number of carbonyl (C=O) groups is 2. The van der Waals surface area contributed by atoms with E-state index in [0.717, 1.165) is 12.0 Å². The number of hydrogen-bond acceptors (Lipinski definition) is 7. The van der Waals surface area contributed by atoms with Crippen LogP contribution in [0.25, 0.3) is 0 Å². The van der Waals surface area contributed by atoms with Crippen molar-refractivity contribution < 1.29 is 38.7 Å². The highest BCUT2D eigenvalue weighted by Gasteiger charge is 2.33. The first-order valence-electron chi connectivity index (χ1n) is 14.1. The molecule has 39 heavy (non-hydrogen) atoms. The number of ether oxygens (including phenoxy) is 4. The Labute approximate surface area is 235 Å². The van der Waals surface area contributed by atoms with Gasteiger partial charge in [0, 0.05) is 20.1 Å². The van der Waals surface area contributed by atoms with Crippen LogP contribution in [-0.2, 0) is 25.5 Å². The van der Waals surface area contributed by atoms with E-state index >= 15 is 0 Å². The van der Waals surface area contributed by atoms with Crippen molar-refractivity contribution >= 4 is 11.9 Å². The summed E-state index contributed by atoms with van der Waals surface area (Å²) >= 11 is 0. The maximum atomic E-state index is 12.8. The highest BCUT2D eigenvalue weighted by atomic mass is 16.6. The molecule has 4 atom stereocenters. The molecule has 1 aromatic carbocycles. The summed E-state index contributed by atoms with van der Waals surface area (Å²) in [6, 6.07) is 5.89. The maximum Gasteiger partial charge on any atom is 0.306 e. The topological polar surface area (TPSA) is 112 Å². The van der Waals surface area contributed by atoms with Crippen molar-refractivity contribution in [1.82, 2.24) is 0 Å². The van der Waals surface area contributed by atoms with Gasteiger partial charge >= 0.3 is 11.9 Å². The number of esters is 1. The first kappa shape index (κ1) is 34.7. The van der Waals surface area contributed by atoms with Crippen molar-refractivity contribution in [1.29, 1.82) is 0 Å². The van der Waals surface area contributed by atoms with E-state index in [0.29, 0.717) is 37.6 Å². The standard InChI is InChI=1S/C31H52O8/c1-20(2)23(15-22-11-12-27(37-9)28(16-22)38-14-10-13-36-8)17-24(18-29(33)39-31(5,6)7)26(32)19-25(21(3)4)30(34)35/h11-12,16,20-21,23-26,32H,10,13-15,17-19H2,1-9H3,(H,34,35)/t23-,24+,25-,26-/m0/s1. The lowest BCUT2D eigenvalue weighted by molar-refractivity contribution is -0.157. The normalized spacial score (nSPS) is 15.1. The minimum absolute atomic E-state index is 0.0303. The molecule has 224 valence electrons. The molecule has 8 nitrogen and oxygen atoms in total. The molecule has 0 aliphatic rings. The third-order valence-corrected chi connectivity index (χ3v) is 7.03. The lowest BCUT2D eigenvalue weighted by atomic mass is 9.76. The van der Waals surface area contributed by atoms with Crippen LogP contribution >= 0.6 is 0 Å². The third-order valence-electron chi connectivity index (χ3n) is 7.03. The molecule has 0 aromatic heterocycles. The fourth-order valence-electron chi connectivity index (χ4n) is 4.71. The molecule has 8 heteroatoms. The van der Waals surface area contributed by atoms with E-state index < -0.39 is 29.5 Å². The van der Waals surface area contributed by atoms with E-state index in [-0.39, 0.29) is 36.6 Å². The molecule has 0 bridgehead atoms. The molecule has 0 fully saturated rings. The van der Waals surface area contributed by atoms with Gasteiger partial charge in [-0.2, -0.15) is 0 Å². The summed E-state index contributed by atoms with van der Waals surface area (Å²) in [5.41, 5.74) is 0.418. The summed E-state index contributed by atoms with van der Waals surface area (Å²) in [5, 5.41) is 21.0. The first-order valence-corrected chi connectivity index (χ1v) is 14.1. The number of aliphatic carboxylic acids is 1. The molecule has 0 aliphatic heterocycles. The second-order valence-electron chi connectivity index (χ2n) is 12.2. The first-order chi connectivity index (χ1) is 18.2. The van der Waals surface area contributed by atoms with Crippen LogP contribution in [-0.4, -0.2) is 61.3 Å². The second kappa shape index (κ2) is 16.7. The lowest BCUT2D eigenvalue weighted by Crippen LogP contribution is -2.34. The molecular formula is C31H52O8. The number of rotatable bonds is 18. The van der Waals surface area contributed by atoms with Crippen LogP contribution in [0, 0.1) is 29.6 Å². The van der Waals surface area contributed by atoms with Crippen LogP contribution in [0.3, 0.4) is 0 Å². The number of aliphatic hydroxyl groups excluding tert-OH is 1. The van der Waals surface area contributed by atoms with E-state index in [1.807, 2.05) is 52.8 Å². The van der Waals surface area contributed by atoms with Gasteiger partial charge in [-0.1, -0.05) is 33.8 Å². The van der Waals surface area contributed by atoms with Gasteiger partial charge in [0.2, 0.25) is 0 Å². The van der Waals surface area contributed by atoms with Gasteiger partial charge in [0.1, 0.15) is 5.60 Å². The number of carboxylic acids is 1. The summed E-state index contributed by atoms with van der Waals surface area (Å²) in [4.78, 5) is 24.7. The van der Waals surface area contributed by atoms with Crippen LogP contribution in [0.5, 0.6) is 11.5 Å². The van der Waals surface area contributed by atoms with Crippen molar-refractivity contribution in [3.63, 3.8) is 0 Å². The zero-order valence-electron chi connectivity index (χ0n) is 25.5. The van der Waals surface area contributed by atoms with E-state index in [4.69, 9.17) is 18.9 Å². The number of carboxylic acid groups (broad SMARTS) is 1. The molecule has 1 rings (SSSR count). The average Bonchev–Trinajstić information content (AvgIpc) is 2.82. The maximum absolute atomic E-state index is 12.8. The van der Waals surface area contributed by atoms with Crippen molar-refractivity contribution in [2.75, 3.05) is 27.4 Å². The van der Waals surface area contributed by atoms with Crippen LogP contribution in [0.15, 0.2) is 18.2 Å². The molecule has 0 saturated carbocycles. The van der Waals surface area contributed by atoms with Crippen molar-refractivity contribution in [2.45, 2.75) is 92.3 Å². The predicted molar refractivity (Wildman–Crippen MR) is 152 cm³/mol. The van der Waals surface area contributed by atoms with Crippen LogP contribution in [0.4, 0.5) is 0 Å². The number of aliphatic hydroxyl groups is 1. The highest BCUT2D eigenvalue weighted by molar-refractivity contribution is 5.71. The Morgan fingerprint density at radius 1 is 0.923 bits per heavy atom. The summed E-state index contributed by atoms with van der Waals surface area (Å²) in [6.07, 6.45) is 1.20. The van der Waals surface area contributed by atoms with Gasteiger partial charge in [-0.05, 0) is 81.4 Å². The molecule has 0 unspecified atom stereocenters. The number of carbonyl (C=O) groups excluding carboxylic acids is 1. The molecule has 0 spiro atoms. The summed E-state index contributed by atoms with van der Waals surface area (Å²) in [7, 11) is 3.27. The van der Waals surface area contributed by atoms with Gasteiger partial charge < -0.3 is 29.2 Å². The average molecular weight is 553 g/mol. The Hall–Kier alpha value is -2.32. The predicted octanol–water partition coefficient (Wildman–Crippen LogP) is 5.77. The minimum Gasteiger partial charge on any atom is -0.493 e. The number of benzene rings is 1. The van der Waals surface area contributed by atoms with Crippen LogP contribution in [0.2, 0.25) is 0 Å². The Balaban J connectivity index is 3.18. The molecule has 2 N–H and O–H groups in total. The molecule has 0 aliphatic carbocycles. The van der Waals surface area contributed by atoms with Gasteiger partial charge in [-0.3, -0.25) is 9.59 Å². The van der Waals surface area contributed by atoms with E-state index in [2.05, 4.69) is 13.8 Å². The Morgan fingerprint density at radius 2 is 1.59 bits per heavy atom. The molecular weight excluding hydrogens is 500 g/mol. The highest BCUT2D eigenvalue weighted by Crippen LogP contribution is 2.34. The summed E-state index contributed by atoms with van der Waals surface area (Å²) < 4.78 is 22.1. The van der Waals surface area contributed by atoms with Crippen molar-refractivity contribution in [2.24, 2.45) is 29.6 Å². The van der Waals surface area contributed by atoms with Gasteiger partial charge in [-0.15, -0.1) is 0 Å². The van der Waals surface area contributed by atoms with Crippen LogP contribution < -0.4 is 9.47 Å². The van der Waals surface area contributed by atoms with Gasteiger partial charge in [0.15, 0.2) is 11.5 Å². The molecule has 1 aromatic rings. The largest absolute Gasteiger partial charge is 0.493 e. The fourth-order valence-corrected chi connectivity index (χ4v) is 4.71. The smallest absolute Gasteiger partial charge is 0.306 e. The zero-order chi connectivity index (χ0) is 29.8. The van der Waals surface area contributed by atoms with E-state index in [1.165, 1.54) is 0 Å². The zero-order valence-corrected chi connectivity index (χ0v) is 25.5. The lowest BCUT2D eigenvalue weighted by Gasteiger charge is -2.32. The fraction of sp³-hybridized carbons (Fsp3) is 0.742. The van der Waals surface area contributed by atoms with Gasteiger partial charge in [0.05, 0.1) is 32.2 Å². The minimum atomic E-state index is -0.946. The van der Waals surface area contributed by atoms with Crippen molar-refractivity contribution in [3.05, 3.63) is 23.8 Å². The quantitative estimate of drug-likeness (QED) is 0.174. The Morgan fingerprint density at radius 3 is 2.10 bits per heavy atom. The molecule has 0 heterocycles. The van der Waals surface area contributed by atoms with E-state index in [9.17, 15) is 19.8 Å². The number of hydrogen-bond donors (Lipinski definition) is 2. The van der Waals surface area contributed by atoms with Gasteiger partial charge in [-0.25, -0.2) is 0 Å². The van der Waals surface area contributed by atoms with Crippen LogP contribution in [0.1, 0.15) is 79.7 Å². The molecule has 0 amide bonds. The second-order valence-corrected chi connectivity index (χ2v) is 12.2. The van der Waals surface area contributed by atoms with Crippen molar-refractivity contribution in [3.8, 4) is 11.5 Å². The Bertz CT molecular complexity index is 874. The monoisotopic (exact) mass is 552 g/mol. The molecule has 0 saturated heterocycles. The third kappa shape index (κ3) is 13.1. The van der Waals surface area contributed by atoms with E-state index in [1.54, 1.807) is 14.2 Å². The van der Waals surface area contributed by atoms with Gasteiger partial charge in [0.25, 0.3) is 0 Å².